The van der Waals surface area contributed by atoms with Crippen LogP contribution in [0.5, 0.6) is 0 Å². The van der Waals surface area contributed by atoms with Gasteiger partial charge in [-0.15, -0.1) is 0 Å². The van der Waals surface area contributed by atoms with Crippen LogP contribution in [0.1, 0.15) is 38.7 Å². The van der Waals surface area contributed by atoms with Crippen LogP contribution in [0.3, 0.4) is 0 Å². The van der Waals surface area contributed by atoms with Crippen LogP contribution >= 0.6 is 0 Å². The van der Waals surface area contributed by atoms with Crippen molar-refractivity contribution in [2.75, 3.05) is 5.32 Å². The third-order valence-electron chi connectivity index (χ3n) is 2.49. The number of hydrogen-bond donors (Lipinski definition) is 1. The lowest BCUT2D eigenvalue weighted by Crippen LogP contribution is -2.15. The number of rotatable bonds is 5. The van der Waals surface area contributed by atoms with Crippen molar-refractivity contribution in [3.8, 4) is 6.07 Å². The van der Waals surface area contributed by atoms with E-state index in [0.29, 0.717) is 17.3 Å². The van der Waals surface area contributed by atoms with E-state index in [1.54, 1.807) is 6.07 Å². The predicted octanol–water partition coefficient (Wildman–Crippen LogP) is 3.69. The summed E-state index contributed by atoms with van der Waals surface area (Å²) in [5.41, 5.74) is 1.08. The zero-order valence-electron chi connectivity index (χ0n) is 9.76. The quantitative estimate of drug-likeness (QED) is 0.821. The zero-order valence-corrected chi connectivity index (χ0v) is 9.76. The van der Waals surface area contributed by atoms with E-state index in [9.17, 15) is 4.39 Å². The second-order valence-corrected chi connectivity index (χ2v) is 3.99. The minimum absolute atomic E-state index is 0.303. The molecule has 16 heavy (non-hydrogen) atoms. The van der Waals surface area contributed by atoms with Crippen LogP contribution in [0.15, 0.2) is 18.2 Å². The summed E-state index contributed by atoms with van der Waals surface area (Å²) in [6.45, 7) is 4.21. The standard InChI is InChI=1S/C13H17FN2/c1-3-4-5-10(2)16-13-7-6-12(14)8-11(13)9-15/h6-8,10,16H,3-5H2,1-2H3. The highest BCUT2D eigenvalue weighted by Crippen LogP contribution is 2.18. The monoisotopic (exact) mass is 220 g/mol. The third-order valence-corrected chi connectivity index (χ3v) is 2.49. The number of anilines is 1. The number of unbranched alkanes of at least 4 members (excludes halogenated alkanes) is 1. The van der Waals surface area contributed by atoms with Gasteiger partial charge < -0.3 is 5.32 Å². The van der Waals surface area contributed by atoms with E-state index in [4.69, 9.17) is 5.26 Å². The minimum Gasteiger partial charge on any atom is -0.382 e. The van der Waals surface area contributed by atoms with Crippen LogP contribution in [0.2, 0.25) is 0 Å². The van der Waals surface area contributed by atoms with Gasteiger partial charge >= 0.3 is 0 Å². The molecule has 0 saturated heterocycles. The summed E-state index contributed by atoms with van der Waals surface area (Å²) < 4.78 is 12.9. The van der Waals surface area contributed by atoms with Gasteiger partial charge in [0.25, 0.3) is 0 Å². The fourth-order valence-corrected chi connectivity index (χ4v) is 1.58. The molecule has 0 aliphatic rings. The number of nitrogens with zero attached hydrogens (tertiary/aromatic N) is 1. The predicted molar refractivity (Wildman–Crippen MR) is 63.7 cm³/mol. The second kappa shape index (κ2) is 6.12. The molecular formula is C13H17FN2. The molecule has 0 radical (unpaired) electrons. The Morgan fingerprint density at radius 3 is 2.88 bits per heavy atom. The van der Waals surface area contributed by atoms with Gasteiger partial charge in [0.2, 0.25) is 0 Å². The Labute approximate surface area is 96.1 Å². The average molecular weight is 220 g/mol. The molecule has 1 aromatic carbocycles. The number of hydrogen-bond acceptors (Lipinski definition) is 2. The Kier molecular flexibility index (Phi) is 4.78. The van der Waals surface area contributed by atoms with Gasteiger partial charge in [-0.05, 0) is 31.5 Å². The maximum absolute atomic E-state index is 12.9. The first kappa shape index (κ1) is 12.5. The molecule has 1 rings (SSSR count). The molecule has 2 nitrogen and oxygen atoms in total. The van der Waals surface area contributed by atoms with E-state index in [0.717, 1.165) is 19.3 Å². The van der Waals surface area contributed by atoms with Crippen molar-refractivity contribution < 1.29 is 4.39 Å². The van der Waals surface area contributed by atoms with Crippen molar-refractivity contribution in [3.63, 3.8) is 0 Å². The SMILES string of the molecule is CCCCC(C)Nc1ccc(F)cc1C#N. The topological polar surface area (TPSA) is 35.8 Å². The number of nitrogens with one attached hydrogen (secondary N) is 1. The molecule has 0 aliphatic heterocycles. The summed E-state index contributed by atoms with van der Waals surface area (Å²) in [4.78, 5) is 0. The van der Waals surface area contributed by atoms with Gasteiger partial charge in [-0.1, -0.05) is 19.8 Å². The summed E-state index contributed by atoms with van der Waals surface area (Å²) in [5, 5.41) is 12.1. The lowest BCUT2D eigenvalue weighted by atomic mass is 10.1. The molecule has 86 valence electrons. The molecule has 0 aromatic heterocycles. The molecule has 0 amide bonds. The van der Waals surface area contributed by atoms with E-state index in [2.05, 4.69) is 19.2 Å². The van der Waals surface area contributed by atoms with Gasteiger partial charge in [-0.25, -0.2) is 4.39 Å². The van der Waals surface area contributed by atoms with Gasteiger partial charge in [0.15, 0.2) is 0 Å². The smallest absolute Gasteiger partial charge is 0.124 e. The van der Waals surface area contributed by atoms with Crippen molar-refractivity contribution in [2.45, 2.75) is 39.2 Å². The Hall–Kier alpha value is -1.56. The molecule has 0 aliphatic carbocycles. The van der Waals surface area contributed by atoms with Gasteiger partial charge in [0.1, 0.15) is 11.9 Å². The van der Waals surface area contributed by atoms with Crippen LogP contribution in [-0.2, 0) is 0 Å². The number of benzene rings is 1. The molecule has 1 atom stereocenters. The van der Waals surface area contributed by atoms with Crippen LogP contribution in [0.4, 0.5) is 10.1 Å². The lowest BCUT2D eigenvalue weighted by Gasteiger charge is -2.15. The molecule has 0 heterocycles. The molecule has 0 spiro atoms. The Morgan fingerprint density at radius 1 is 1.50 bits per heavy atom. The Bertz CT molecular complexity index is 382. The first-order valence-corrected chi connectivity index (χ1v) is 5.63. The summed E-state index contributed by atoms with van der Waals surface area (Å²) in [6.07, 6.45) is 3.36. The summed E-state index contributed by atoms with van der Waals surface area (Å²) in [7, 11) is 0. The van der Waals surface area contributed by atoms with E-state index >= 15 is 0 Å². The molecule has 0 saturated carbocycles. The third kappa shape index (κ3) is 3.54. The van der Waals surface area contributed by atoms with E-state index in [1.165, 1.54) is 12.1 Å². The maximum Gasteiger partial charge on any atom is 0.124 e. The van der Waals surface area contributed by atoms with Gasteiger partial charge in [-0.3, -0.25) is 0 Å². The highest BCUT2D eigenvalue weighted by atomic mass is 19.1. The number of nitriles is 1. The van der Waals surface area contributed by atoms with Gasteiger partial charge in [-0.2, -0.15) is 5.26 Å². The molecule has 3 heteroatoms. The summed E-state index contributed by atoms with van der Waals surface area (Å²) >= 11 is 0. The first-order chi connectivity index (χ1) is 7.67. The van der Waals surface area contributed by atoms with E-state index in [-0.39, 0.29) is 5.82 Å². The van der Waals surface area contributed by atoms with Crippen LogP contribution in [0.25, 0.3) is 0 Å². The van der Waals surface area contributed by atoms with Crippen molar-refractivity contribution in [1.29, 1.82) is 5.26 Å². The Morgan fingerprint density at radius 2 is 2.25 bits per heavy atom. The molecular weight excluding hydrogens is 203 g/mol. The molecule has 0 bridgehead atoms. The summed E-state index contributed by atoms with van der Waals surface area (Å²) in [6, 6.07) is 6.55. The van der Waals surface area contributed by atoms with Crippen molar-refractivity contribution in [1.82, 2.24) is 0 Å². The lowest BCUT2D eigenvalue weighted by molar-refractivity contribution is 0.625. The second-order valence-electron chi connectivity index (χ2n) is 3.99. The highest BCUT2D eigenvalue weighted by molar-refractivity contribution is 5.57. The number of halogens is 1. The first-order valence-electron chi connectivity index (χ1n) is 5.63. The largest absolute Gasteiger partial charge is 0.382 e. The fraction of sp³-hybridized carbons (Fsp3) is 0.462. The van der Waals surface area contributed by atoms with Crippen molar-refractivity contribution in [3.05, 3.63) is 29.6 Å². The van der Waals surface area contributed by atoms with Gasteiger partial charge in [0, 0.05) is 6.04 Å². The van der Waals surface area contributed by atoms with E-state index < -0.39 is 0 Å². The normalized spacial score (nSPS) is 11.9. The van der Waals surface area contributed by atoms with Crippen molar-refractivity contribution in [2.24, 2.45) is 0 Å². The highest BCUT2D eigenvalue weighted by Gasteiger charge is 2.06. The molecule has 1 unspecified atom stereocenters. The minimum atomic E-state index is -0.372. The van der Waals surface area contributed by atoms with Crippen LogP contribution < -0.4 is 5.32 Å². The molecule has 1 N–H and O–H groups in total. The molecule has 1 aromatic rings. The zero-order chi connectivity index (χ0) is 12.0. The van der Waals surface area contributed by atoms with E-state index in [1.807, 2.05) is 6.07 Å². The van der Waals surface area contributed by atoms with Crippen LogP contribution in [-0.4, -0.2) is 6.04 Å². The van der Waals surface area contributed by atoms with Crippen molar-refractivity contribution >= 4 is 5.69 Å². The Balaban J connectivity index is 2.70. The van der Waals surface area contributed by atoms with Gasteiger partial charge in [0.05, 0.1) is 11.3 Å². The maximum atomic E-state index is 12.9. The molecule has 0 fully saturated rings. The summed E-state index contributed by atoms with van der Waals surface area (Å²) in [5.74, 6) is -0.372. The fourth-order valence-electron chi connectivity index (χ4n) is 1.58. The average Bonchev–Trinajstić information content (AvgIpc) is 2.28. The van der Waals surface area contributed by atoms with Crippen LogP contribution in [0, 0.1) is 17.1 Å².